The summed E-state index contributed by atoms with van der Waals surface area (Å²) in [6.45, 7) is 7.59. The predicted molar refractivity (Wildman–Crippen MR) is 74.2 cm³/mol. The molecule has 0 aromatic carbocycles. The number of nitrogens with one attached hydrogen (secondary N) is 1. The molecule has 1 aromatic heterocycles. The van der Waals surface area contributed by atoms with Gasteiger partial charge in [0.1, 0.15) is 0 Å². The summed E-state index contributed by atoms with van der Waals surface area (Å²) in [5.41, 5.74) is 0. The monoisotopic (exact) mass is 291 g/mol. The van der Waals surface area contributed by atoms with Crippen molar-refractivity contribution in [1.29, 1.82) is 0 Å². The van der Waals surface area contributed by atoms with Gasteiger partial charge in [0.05, 0.1) is 11.5 Å². The van der Waals surface area contributed by atoms with Gasteiger partial charge in [-0.1, -0.05) is 20.8 Å². The Bertz CT molecular complexity index is 491. The molecule has 0 saturated carbocycles. The van der Waals surface area contributed by atoms with Gasteiger partial charge in [0.25, 0.3) is 0 Å². The second-order valence-electron chi connectivity index (χ2n) is 4.67. The van der Waals surface area contributed by atoms with E-state index < -0.39 is 10.0 Å². The van der Waals surface area contributed by atoms with Gasteiger partial charge in [0, 0.05) is 15.8 Å². The highest BCUT2D eigenvalue weighted by molar-refractivity contribution is 7.89. The van der Waals surface area contributed by atoms with Crippen LogP contribution in [-0.2, 0) is 16.6 Å². The summed E-state index contributed by atoms with van der Waals surface area (Å²) in [7, 11) is -3.49. The van der Waals surface area contributed by atoms with Crippen molar-refractivity contribution >= 4 is 21.4 Å². The average molecular weight is 291 g/mol. The summed E-state index contributed by atoms with van der Waals surface area (Å²) >= 11 is 1.32. The van der Waals surface area contributed by atoms with Crippen LogP contribution in [0.25, 0.3) is 0 Å². The molecule has 0 aliphatic heterocycles. The molecule has 0 bridgehead atoms. The molecule has 1 atom stereocenters. The number of sulfonamides is 1. The number of aliphatic hydroxyl groups is 1. The van der Waals surface area contributed by atoms with E-state index in [4.69, 9.17) is 5.11 Å². The van der Waals surface area contributed by atoms with Crippen LogP contribution in [0, 0.1) is 12.8 Å². The third-order valence-corrected chi connectivity index (χ3v) is 5.70. The Kier molecular flexibility index (Phi) is 5.33. The quantitative estimate of drug-likeness (QED) is 0.845. The Hall–Kier alpha value is -0.430. The summed E-state index contributed by atoms with van der Waals surface area (Å²) < 4.78 is 27.3. The van der Waals surface area contributed by atoms with Crippen LogP contribution in [0.5, 0.6) is 0 Å². The average Bonchev–Trinajstić information content (AvgIpc) is 2.68. The fourth-order valence-electron chi connectivity index (χ4n) is 1.82. The van der Waals surface area contributed by atoms with Gasteiger partial charge in [-0.25, -0.2) is 13.1 Å². The van der Waals surface area contributed by atoms with Gasteiger partial charge >= 0.3 is 0 Å². The minimum absolute atomic E-state index is 0.0631. The van der Waals surface area contributed by atoms with Crippen molar-refractivity contribution in [3.63, 3.8) is 0 Å². The molecule has 104 valence electrons. The molecule has 0 radical (unpaired) electrons. The fraction of sp³-hybridized carbons (Fsp3) is 0.667. The lowest BCUT2D eigenvalue weighted by Crippen LogP contribution is -2.38. The third kappa shape index (κ3) is 3.54. The number of hydrogen-bond acceptors (Lipinski definition) is 4. The molecular weight excluding hydrogens is 270 g/mol. The van der Waals surface area contributed by atoms with Crippen molar-refractivity contribution in [1.82, 2.24) is 4.72 Å². The number of aryl methyl sites for hydroxylation is 1. The van der Waals surface area contributed by atoms with Crippen molar-refractivity contribution in [2.24, 2.45) is 5.92 Å². The molecule has 0 fully saturated rings. The maximum absolute atomic E-state index is 12.3. The Morgan fingerprint density at radius 3 is 2.44 bits per heavy atom. The van der Waals surface area contributed by atoms with Crippen molar-refractivity contribution in [3.8, 4) is 0 Å². The maximum Gasteiger partial charge on any atom is 0.241 e. The first-order valence-electron chi connectivity index (χ1n) is 6.04. The fourth-order valence-corrected chi connectivity index (χ4v) is 4.79. The van der Waals surface area contributed by atoms with Crippen molar-refractivity contribution < 1.29 is 13.5 Å². The summed E-state index contributed by atoms with van der Waals surface area (Å²) in [6, 6.07) is 1.49. The standard InChI is InChI=1S/C12H21NO3S2/c1-5-11(8(2)3)13-18(15,16)12-6-10(7-14)17-9(12)4/h6,8,11,13-14H,5,7H2,1-4H3. The SMILES string of the molecule is CCC(NS(=O)(=O)c1cc(CO)sc1C)C(C)C. The minimum atomic E-state index is -3.49. The normalized spacial score (nSPS) is 14.1. The van der Waals surface area contributed by atoms with Crippen LogP contribution in [-0.4, -0.2) is 19.6 Å². The third-order valence-electron chi connectivity index (χ3n) is 2.92. The van der Waals surface area contributed by atoms with E-state index in [1.54, 1.807) is 13.0 Å². The van der Waals surface area contributed by atoms with Crippen molar-refractivity contribution in [3.05, 3.63) is 15.8 Å². The molecule has 0 amide bonds. The smallest absolute Gasteiger partial charge is 0.241 e. The second-order valence-corrected chi connectivity index (χ2v) is 7.69. The number of rotatable bonds is 6. The Balaban J connectivity index is 3.02. The van der Waals surface area contributed by atoms with E-state index in [2.05, 4.69) is 4.72 Å². The van der Waals surface area contributed by atoms with E-state index in [0.29, 0.717) is 9.75 Å². The lowest BCUT2D eigenvalue weighted by atomic mass is 10.0. The molecule has 4 nitrogen and oxygen atoms in total. The second kappa shape index (κ2) is 6.14. The van der Waals surface area contributed by atoms with Gasteiger partial charge in [-0.15, -0.1) is 11.3 Å². The van der Waals surface area contributed by atoms with Gasteiger partial charge in [-0.05, 0) is 25.3 Å². The van der Waals surface area contributed by atoms with Crippen LogP contribution in [0.3, 0.4) is 0 Å². The van der Waals surface area contributed by atoms with E-state index in [-0.39, 0.29) is 23.5 Å². The number of hydrogen-bond donors (Lipinski definition) is 2. The van der Waals surface area contributed by atoms with Crippen LogP contribution >= 0.6 is 11.3 Å². The largest absolute Gasteiger partial charge is 0.391 e. The molecule has 18 heavy (non-hydrogen) atoms. The van der Waals surface area contributed by atoms with Crippen LogP contribution in [0.4, 0.5) is 0 Å². The first-order chi connectivity index (χ1) is 8.31. The van der Waals surface area contributed by atoms with E-state index in [0.717, 1.165) is 6.42 Å². The Morgan fingerprint density at radius 2 is 2.06 bits per heavy atom. The predicted octanol–water partition coefficient (Wildman–Crippen LogP) is 2.26. The highest BCUT2D eigenvalue weighted by Gasteiger charge is 2.24. The molecule has 1 aromatic rings. The molecule has 0 saturated heterocycles. The summed E-state index contributed by atoms with van der Waals surface area (Å²) in [6.07, 6.45) is 0.757. The first kappa shape index (κ1) is 15.6. The minimum Gasteiger partial charge on any atom is -0.391 e. The molecule has 0 aliphatic rings. The molecular formula is C12H21NO3S2. The first-order valence-corrected chi connectivity index (χ1v) is 8.34. The van der Waals surface area contributed by atoms with Crippen LogP contribution in [0.15, 0.2) is 11.0 Å². The molecule has 1 heterocycles. The number of aliphatic hydroxyl groups excluding tert-OH is 1. The molecule has 6 heteroatoms. The van der Waals surface area contributed by atoms with Crippen LogP contribution in [0.1, 0.15) is 36.9 Å². The van der Waals surface area contributed by atoms with Crippen molar-refractivity contribution in [2.75, 3.05) is 0 Å². The van der Waals surface area contributed by atoms with Crippen molar-refractivity contribution in [2.45, 2.75) is 51.7 Å². The highest BCUT2D eigenvalue weighted by atomic mass is 32.2. The summed E-state index contributed by atoms with van der Waals surface area (Å²) in [5, 5.41) is 9.05. The zero-order chi connectivity index (χ0) is 13.9. The maximum atomic E-state index is 12.3. The van der Waals surface area contributed by atoms with Gasteiger partial charge < -0.3 is 5.11 Å². The topological polar surface area (TPSA) is 66.4 Å². The van der Waals surface area contributed by atoms with Crippen LogP contribution in [0.2, 0.25) is 0 Å². The zero-order valence-corrected chi connectivity index (χ0v) is 12.9. The Morgan fingerprint density at radius 1 is 1.44 bits per heavy atom. The van der Waals surface area contributed by atoms with Gasteiger partial charge in [-0.3, -0.25) is 0 Å². The molecule has 1 unspecified atom stereocenters. The van der Waals surface area contributed by atoms with E-state index >= 15 is 0 Å². The van der Waals surface area contributed by atoms with E-state index in [9.17, 15) is 8.42 Å². The molecule has 1 rings (SSSR count). The van der Waals surface area contributed by atoms with E-state index in [1.807, 2.05) is 20.8 Å². The molecule has 2 N–H and O–H groups in total. The van der Waals surface area contributed by atoms with Gasteiger partial charge in [0.2, 0.25) is 10.0 Å². The van der Waals surface area contributed by atoms with Crippen LogP contribution < -0.4 is 4.72 Å². The lowest BCUT2D eigenvalue weighted by Gasteiger charge is -2.20. The molecule has 0 aliphatic carbocycles. The lowest BCUT2D eigenvalue weighted by molar-refractivity contribution is 0.285. The van der Waals surface area contributed by atoms with Gasteiger partial charge in [-0.2, -0.15) is 0 Å². The van der Waals surface area contributed by atoms with Gasteiger partial charge in [0.15, 0.2) is 0 Å². The molecule has 0 spiro atoms. The highest BCUT2D eigenvalue weighted by Crippen LogP contribution is 2.26. The van der Waals surface area contributed by atoms with E-state index in [1.165, 1.54) is 11.3 Å². The summed E-state index contributed by atoms with van der Waals surface area (Å²) in [5.74, 6) is 0.251. The number of thiophene rings is 1. The zero-order valence-electron chi connectivity index (χ0n) is 11.2. The summed E-state index contributed by atoms with van der Waals surface area (Å²) in [4.78, 5) is 1.67. The Labute approximate surface area is 113 Å².